The molecular formula is C26H27NO5. The maximum Gasteiger partial charge on any atom is 0.339 e. The van der Waals surface area contributed by atoms with Gasteiger partial charge in [0.2, 0.25) is 0 Å². The molecule has 1 amide bonds. The van der Waals surface area contributed by atoms with Crippen molar-refractivity contribution in [2.75, 3.05) is 13.7 Å². The zero-order valence-corrected chi connectivity index (χ0v) is 18.4. The Kier molecular flexibility index (Phi) is 7.49. The standard InChI is InChI=1S/C26H27NO5/c1-18-9-7-8-12-21(18)16-27(19(2)20-10-5-4-6-11-20)25(28)17-32-24-15-22(31-3)13-14-23(24)26(29)30/h4-15,19H,16-17H2,1-3H3,(H,29,30)/t19-/m1/s1. The van der Waals surface area contributed by atoms with Crippen molar-refractivity contribution in [3.63, 3.8) is 0 Å². The first kappa shape index (κ1) is 22.9. The summed E-state index contributed by atoms with van der Waals surface area (Å²) in [6.07, 6.45) is 0. The van der Waals surface area contributed by atoms with Gasteiger partial charge in [0, 0.05) is 12.6 Å². The molecule has 0 aliphatic carbocycles. The fourth-order valence-corrected chi connectivity index (χ4v) is 3.47. The Balaban J connectivity index is 1.86. The lowest BCUT2D eigenvalue weighted by atomic mass is 10.0. The van der Waals surface area contributed by atoms with Gasteiger partial charge in [-0.05, 0) is 42.7 Å². The van der Waals surface area contributed by atoms with Crippen molar-refractivity contribution < 1.29 is 24.2 Å². The van der Waals surface area contributed by atoms with E-state index in [2.05, 4.69) is 0 Å². The minimum Gasteiger partial charge on any atom is -0.497 e. The molecule has 0 saturated heterocycles. The number of aromatic carboxylic acids is 1. The summed E-state index contributed by atoms with van der Waals surface area (Å²) in [6, 6.07) is 21.9. The summed E-state index contributed by atoms with van der Waals surface area (Å²) in [6.45, 7) is 4.10. The Morgan fingerprint density at radius 1 is 1.00 bits per heavy atom. The second-order valence-electron chi connectivity index (χ2n) is 7.49. The van der Waals surface area contributed by atoms with Gasteiger partial charge >= 0.3 is 5.97 Å². The van der Waals surface area contributed by atoms with E-state index in [0.29, 0.717) is 12.3 Å². The van der Waals surface area contributed by atoms with Crippen LogP contribution in [0.4, 0.5) is 0 Å². The lowest BCUT2D eigenvalue weighted by Gasteiger charge is -2.30. The average molecular weight is 434 g/mol. The second kappa shape index (κ2) is 10.5. The third-order valence-electron chi connectivity index (χ3n) is 5.44. The molecule has 3 aromatic carbocycles. The van der Waals surface area contributed by atoms with E-state index in [9.17, 15) is 14.7 Å². The summed E-state index contributed by atoms with van der Waals surface area (Å²) < 4.78 is 10.8. The van der Waals surface area contributed by atoms with Crippen LogP contribution in [0, 0.1) is 6.92 Å². The van der Waals surface area contributed by atoms with E-state index in [1.165, 1.54) is 19.2 Å². The highest BCUT2D eigenvalue weighted by molar-refractivity contribution is 5.91. The summed E-state index contributed by atoms with van der Waals surface area (Å²) in [4.78, 5) is 26.6. The van der Waals surface area contributed by atoms with Crippen LogP contribution in [-0.4, -0.2) is 35.6 Å². The fraction of sp³-hybridized carbons (Fsp3) is 0.231. The van der Waals surface area contributed by atoms with Gasteiger partial charge in [0.05, 0.1) is 13.2 Å². The highest BCUT2D eigenvalue weighted by Crippen LogP contribution is 2.27. The van der Waals surface area contributed by atoms with Gasteiger partial charge < -0.3 is 19.5 Å². The molecule has 0 spiro atoms. The van der Waals surface area contributed by atoms with E-state index in [1.54, 1.807) is 11.0 Å². The van der Waals surface area contributed by atoms with Gasteiger partial charge in [-0.1, -0.05) is 54.6 Å². The topological polar surface area (TPSA) is 76.1 Å². The third-order valence-corrected chi connectivity index (χ3v) is 5.44. The van der Waals surface area contributed by atoms with Crippen LogP contribution in [0.2, 0.25) is 0 Å². The molecule has 0 aromatic heterocycles. The van der Waals surface area contributed by atoms with Crippen LogP contribution in [0.3, 0.4) is 0 Å². The lowest BCUT2D eigenvalue weighted by molar-refractivity contribution is -0.136. The minimum atomic E-state index is -1.13. The highest BCUT2D eigenvalue weighted by atomic mass is 16.5. The second-order valence-corrected chi connectivity index (χ2v) is 7.49. The number of methoxy groups -OCH3 is 1. The van der Waals surface area contributed by atoms with Crippen molar-refractivity contribution in [1.29, 1.82) is 0 Å². The number of carbonyl (C=O) groups excluding carboxylic acids is 1. The van der Waals surface area contributed by atoms with Gasteiger partial charge in [-0.15, -0.1) is 0 Å². The zero-order chi connectivity index (χ0) is 23.1. The van der Waals surface area contributed by atoms with Gasteiger partial charge in [-0.3, -0.25) is 4.79 Å². The van der Waals surface area contributed by atoms with E-state index in [1.807, 2.05) is 68.4 Å². The summed E-state index contributed by atoms with van der Waals surface area (Å²) in [7, 11) is 1.48. The van der Waals surface area contributed by atoms with E-state index in [-0.39, 0.29) is 29.9 Å². The largest absolute Gasteiger partial charge is 0.497 e. The van der Waals surface area contributed by atoms with Crippen LogP contribution >= 0.6 is 0 Å². The molecule has 3 rings (SSSR count). The Labute approximate surface area is 188 Å². The maximum absolute atomic E-state index is 13.3. The van der Waals surface area contributed by atoms with Crippen molar-refractivity contribution in [1.82, 2.24) is 4.90 Å². The Morgan fingerprint density at radius 2 is 1.69 bits per heavy atom. The molecule has 0 radical (unpaired) electrons. The predicted octanol–water partition coefficient (Wildman–Crippen LogP) is 4.87. The van der Waals surface area contributed by atoms with E-state index in [4.69, 9.17) is 9.47 Å². The molecule has 0 fully saturated rings. The van der Waals surface area contributed by atoms with Gasteiger partial charge in [0.15, 0.2) is 6.61 Å². The molecule has 6 nitrogen and oxygen atoms in total. The first-order valence-electron chi connectivity index (χ1n) is 10.3. The molecule has 0 aliphatic rings. The lowest BCUT2D eigenvalue weighted by Crippen LogP contribution is -2.37. The molecule has 32 heavy (non-hydrogen) atoms. The molecule has 0 bridgehead atoms. The monoisotopic (exact) mass is 433 g/mol. The van der Waals surface area contributed by atoms with E-state index < -0.39 is 5.97 Å². The third kappa shape index (κ3) is 5.46. The predicted molar refractivity (Wildman–Crippen MR) is 122 cm³/mol. The number of aryl methyl sites for hydroxylation is 1. The van der Waals surface area contributed by atoms with Crippen molar-refractivity contribution in [3.05, 3.63) is 95.1 Å². The van der Waals surface area contributed by atoms with Gasteiger partial charge in [0.1, 0.15) is 17.1 Å². The smallest absolute Gasteiger partial charge is 0.339 e. The quantitative estimate of drug-likeness (QED) is 0.521. The molecule has 0 heterocycles. The molecule has 3 aromatic rings. The van der Waals surface area contributed by atoms with Crippen LogP contribution in [0.25, 0.3) is 0 Å². The molecule has 6 heteroatoms. The Morgan fingerprint density at radius 3 is 2.34 bits per heavy atom. The first-order chi connectivity index (χ1) is 15.4. The molecule has 0 aliphatic heterocycles. The molecule has 1 N–H and O–H groups in total. The number of carboxylic acids is 1. The van der Waals surface area contributed by atoms with Gasteiger partial charge in [0.25, 0.3) is 5.91 Å². The number of carboxylic acid groups (broad SMARTS) is 1. The summed E-state index contributed by atoms with van der Waals surface area (Å²) in [5, 5.41) is 9.45. The molecule has 166 valence electrons. The van der Waals surface area contributed by atoms with Crippen molar-refractivity contribution in [2.24, 2.45) is 0 Å². The van der Waals surface area contributed by atoms with E-state index in [0.717, 1.165) is 16.7 Å². The summed E-state index contributed by atoms with van der Waals surface area (Å²) >= 11 is 0. The Bertz CT molecular complexity index is 1080. The van der Waals surface area contributed by atoms with Crippen LogP contribution in [0.1, 0.15) is 40.0 Å². The van der Waals surface area contributed by atoms with Crippen LogP contribution < -0.4 is 9.47 Å². The fourth-order valence-electron chi connectivity index (χ4n) is 3.47. The number of benzene rings is 3. The average Bonchev–Trinajstić information content (AvgIpc) is 2.81. The number of rotatable bonds is 9. The molecular weight excluding hydrogens is 406 g/mol. The van der Waals surface area contributed by atoms with E-state index >= 15 is 0 Å². The summed E-state index contributed by atoms with van der Waals surface area (Å²) in [5.74, 6) is -0.839. The minimum absolute atomic E-state index is 0.0276. The zero-order valence-electron chi connectivity index (χ0n) is 18.4. The number of nitrogens with zero attached hydrogens (tertiary/aromatic N) is 1. The van der Waals surface area contributed by atoms with Gasteiger partial charge in [-0.25, -0.2) is 4.79 Å². The molecule has 0 unspecified atom stereocenters. The highest BCUT2D eigenvalue weighted by Gasteiger charge is 2.24. The normalized spacial score (nSPS) is 11.5. The molecule has 1 atom stereocenters. The molecule has 0 saturated carbocycles. The Hall–Kier alpha value is -3.80. The number of carbonyl (C=O) groups is 2. The number of ether oxygens (including phenoxy) is 2. The summed E-state index contributed by atoms with van der Waals surface area (Å²) in [5.41, 5.74) is 3.10. The van der Waals surface area contributed by atoms with Gasteiger partial charge in [-0.2, -0.15) is 0 Å². The van der Waals surface area contributed by atoms with Crippen LogP contribution in [-0.2, 0) is 11.3 Å². The van der Waals surface area contributed by atoms with Crippen molar-refractivity contribution in [2.45, 2.75) is 26.4 Å². The number of hydrogen-bond acceptors (Lipinski definition) is 4. The number of amides is 1. The SMILES string of the molecule is COc1ccc(C(=O)O)c(OCC(=O)N(Cc2ccccc2C)[C@H](C)c2ccccc2)c1. The van der Waals surface area contributed by atoms with Crippen LogP contribution in [0.5, 0.6) is 11.5 Å². The first-order valence-corrected chi connectivity index (χ1v) is 10.3. The maximum atomic E-state index is 13.3. The van der Waals surface area contributed by atoms with Crippen molar-refractivity contribution >= 4 is 11.9 Å². The van der Waals surface area contributed by atoms with Crippen LogP contribution in [0.15, 0.2) is 72.8 Å². The van der Waals surface area contributed by atoms with Crippen molar-refractivity contribution in [3.8, 4) is 11.5 Å². The number of hydrogen-bond donors (Lipinski definition) is 1.